The number of amides is 1. The van der Waals surface area contributed by atoms with Gasteiger partial charge in [0.25, 0.3) is 5.91 Å². The van der Waals surface area contributed by atoms with Crippen LogP contribution in [0.3, 0.4) is 0 Å². The Morgan fingerprint density at radius 1 is 1.26 bits per heavy atom. The second kappa shape index (κ2) is 8.08. The third-order valence-corrected chi connectivity index (χ3v) is 3.17. The van der Waals surface area contributed by atoms with E-state index in [1.807, 2.05) is 24.3 Å². The molecule has 0 fully saturated rings. The van der Waals surface area contributed by atoms with E-state index in [9.17, 15) is 9.18 Å². The van der Waals surface area contributed by atoms with Gasteiger partial charge in [-0.3, -0.25) is 4.79 Å². The predicted molar refractivity (Wildman–Crippen MR) is 88.2 cm³/mol. The van der Waals surface area contributed by atoms with Crippen LogP contribution in [-0.2, 0) is 4.79 Å². The molecule has 23 heavy (non-hydrogen) atoms. The van der Waals surface area contributed by atoms with Crippen LogP contribution in [-0.4, -0.2) is 18.7 Å². The Balaban J connectivity index is 1.78. The monoisotopic (exact) mass is 314 g/mol. The highest BCUT2D eigenvalue weighted by Crippen LogP contribution is 2.18. The lowest BCUT2D eigenvalue weighted by Gasteiger charge is -2.08. The van der Waals surface area contributed by atoms with Crippen molar-refractivity contribution in [3.63, 3.8) is 0 Å². The van der Waals surface area contributed by atoms with E-state index in [-0.39, 0.29) is 18.3 Å². The number of ether oxygens (including phenoxy) is 1. The molecule has 1 N–H and O–H groups in total. The van der Waals surface area contributed by atoms with Crippen LogP contribution in [0.4, 0.5) is 4.39 Å². The molecule has 0 aliphatic rings. The Hall–Kier alpha value is -2.69. The van der Waals surface area contributed by atoms with E-state index in [4.69, 9.17) is 4.74 Å². The third kappa shape index (κ3) is 5.54. The maximum Gasteiger partial charge on any atom is 0.277 e. The van der Waals surface area contributed by atoms with Crippen molar-refractivity contribution in [2.75, 3.05) is 6.61 Å². The minimum Gasteiger partial charge on any atom is -0.484 e. The van der Waals surface area contributed by atoms with Gasteiger partial charge in [-0.1, -0.05) is 38.1 Å². The molecule has 0 aliphatic carbocycles. The van der Waals surface area contributed by atoms with Crippen LogP contribution >= 0.6 is 0 Å². The van der Waals surface area contributed by atoms with Crippen LogP contribution < -0.4 is 10.2 Å². The van der Waals surface area contributed by atoms with E-state index < -0.39 is 0 Å². The number of hydrogen-bond donors (Lipinski definition) is 1. The fourth-order valence-corrected chi connectivity index (χ4v) is 1.90. The molecule has 0 aromatic heterocycles. The lowest BCUT2D eigenvalue weighted by Crippen LogP contribution is -2.24. The molecular formula is C18H19FN2O2. The number of nitrogens with zero attached hydrogens (tertiary/aromatic N) is 1. The second-order valence-corrected chi connectivity index (χ2v) is 5.36. The van der Waals surface area contributed by atoms with Gasteiger partial charge in [-0.15, -0.1) is 0 Å². The van der Waals surface area contributed by atoms with Gasteiger partial charge < -0.3 is 4.74 Å². The van der Waals surface area contributed by atoms with Crippen molar-refractivity contribution in [1.82, 2.24) is 5.43 Å². The first-order chi connectivity index (χ1) is 11.0. The molecule has 2 aromatic rings. The zero-order chi connectivity index (χ0) is 16.7. The van der Waals surface area contributed by atoms with Gasteiger partial charge in [0.05, 0.1) is 6.21 Å². The molecule has 1 amide bonds. The molecule has 0 saturated carbocycles. The van der Waals surface area contributed by atoms with Gasteiger partial charge in [0.15, 0.2) is 6.61 Å². The third-order valence-electron chi connectivity index (χ3n) is 3.17. The average Bonchev–Trinajstić information content (AvgIpc) is 2.53. The summed E-state index contributed by atoms with van der Waals surface area (Å²) in [5, 5.41) is 3.76. The lowest BCUT2D eigenvalue weighted by atomic mass is 10.0. The Kier molecular flexibility index (Phi) is 5.86. The van der Waals surface area contributed by atoms with Crippen LogP contribution in [0.25, 0.3) is 0 Å². The Morgan fingerprint density at radius 2 is 2.00 bits per heavy atom. The Morgan fingerprint density at radius 3 is 2.65 bits per heavy atom. The predicted octanol–water partition coefficient (Wildman–Crippen LogP) is 3.48. The number of nitrogens with one attached hydrogen (secondary N) is 1. The SMILES string of the molecule is CC(C)c1ccc(OCC(=O)N/N=C/c2cccc(F)c2)cc1. The number of benzene rings is 2. The summed E-state index contributed by atoms with van der Waals surface area (Å²) in [6, 6.07) is 13.5. The first-order valence-electron chi connectivity index (χ1n) is 7.35. The van der Waals surface area contributed by atoms with Crippen molar-refractivity contribution in [2.45, 2.75) is 19.8 Å². The number of rotatable bonds is 6. The van der Waals surface area contributed by atoms with Crippen molar-refractivity contribution in [3.05, 3.63) is 65.5 Å². The zero-order valence-electron chi connectivity index (χ0n) is 13.1. The van der Waals surface area contributed by atoms with Crippen molar-refractivity contribution < 1.29 is 13.9 Å². The normalized spacial score (nSPS) is 11.0. The lowest BCUT2D eigenvalue weighted by molar-refractivity contribution is -0.123. The highest BCUT2D eigenvalue weighted by Gasteiger charge is 2.03. The highest BCUT2D eigenvalue weighted by molar-refractivity contribution is 5.82. The zero-order valence-corrected chi connectivity index (χ0v) is 13.1. The van der Waals surface area contributed by atoms with Gasteiger partial charge in [0.1, 0.15) is 11.6 Å². The summed E-state index contributed by atoms with van der Waals surface area (Å²) in [5.74, 6) is 0.335. The van der Waals surface area contributed by atoms with Crippen molar-refractivity contribution in [2.24, 2.45) is 5.10 Å². The van der Waals surface area contributed by atoms with Gasteiger partial charge in [-0.05, 0) is 41.3 Å². The second-order valence-electron chi connectivity index (χ2n) is 5.36. The van der Waals surface area contributed by atoms with Gasteiger partial charge in [-0.2, -0.15) is 5.10 Å². The maximum atomic E-state index is 13.0. The van der Waals surface area contributed by atoms with Crippen molar-refractivity contribution in [3.8, 4) is 5.75 Å². The Bertz CT molecular complexity index is 682. The number of carbonyl (C=O) groups excluding carboxylic acids is 1. The van der Waals surface area contributed by atoms with Crippen LogP contribution in [0.5, 0.6) is 5.75 Å². The molecule has 0 spiro atoms. The van der Waals surface area contributed by atoms with Crippen LogP contribution in [0.2, 0.25) is 0 Å². The summed E-state index contributed by atoms with van der Waals surface area (Å²) < 4.78 is 18.3. The summed E-state index contributed by atoms with van der Waals surface area (Å²) in [7, 11) is 0. The number of halogens is 1. The fraction of sp³-hybridized carbons (Fsp3) is 0.222. The molecular weight excluding hydrogens is 295 g/mol. The molecule has 5 heteroatoms. The molecule has 0 aliphatic heterocycles. The van der Waals surface area contributed by atoms with E-state index in [0.29, 0.717) is 17.2 Å². The molecule has 2 aromatic carbocycles. The smallest absolute Gasteiger partial charge is 0.277 e. The minimum atomic E-state index is -0.384. The molecule has 0 bridgehead atoms. The van der Waals surface area contributed by atoms with Crippen molar-refractivity contribution in [1.29, 1.82) is 0 Å². The largest absolute Gasteiger partial charge is 0.484 e. The summed E-state index contributed by atoms with van der Waals surface area (Å²) >= 11 is 0. The van der Waals surface area contributed by atoms with E-state index in [0.717, 1.165) is 0 Å². The average molecular weight is 314 g/mol. The summed E-state index contributed by atoms with van der Waals surface area (Å²) in [5.41, 5.74) is 4.11. The molecule has 2 rings (SSSR count). The molecule has 0 heterocycles. The van der Waals surface area contributed by atoms with E-state index in [1.54, 1.807) is 12.1 Å². The van der Waals surface area contributed by atoms with Crippen LogP contribution in [0.1, 0.15) is 30.9 Å². The molecule has 0 saturated heterocycles. The quantitative estimate of drug-likeness (QED) is 0.655. The Labute approximate surface area is 135 Å². The minimum absolute atomic E-state index is 0.137. The van der Waals surface area contributed by atoms with Crippen LogP contribution in [0, 0.1) is 5.82 Å². The van der Waals surface area contributed by atoms with Gasteiger partial charge >= 0.3 is 0 Å². The van der Waals surface area contributed by atoms with Crippen molar-refractivity contribution >= 4 is 12.1 Å². The number of hydrazone groups is 1. The van der Waals surface area contributed by atoms with Gasteiger partial charge in [-0.25, -0.2) is 9.82 Å². The first-order valence-corrected chi connectivity index (χ1v) is 7.35. The highest BCUT2D eigenvalue weighted by atomic mass is 19.1. The first kappa shape index (κ1) is 16.7. The fourth-order valence-electron chi connectivity index (χ4n) is 1.90. The summed E-state index contributed by atoms with van der Waals surface area (Å²) in [4.78, 5) is 11.6. The molecule has 120 valence electrons. The van der Waals surface area contributed by atoms with Crippen LogP contribution in [0.15, 0.2) is 53.6 Å². The molecule has 4 nitrogen and oxygen atoms in total. The van der Waals surface area contributed by atoms with E-state index in [2.05, 4.69) is 24.4 Å². The number of hydrogen-bond acceptors (Lipinski definition) is 3. The van der Waals surface area contributed by atoms with E-state index in [1.165, 1.54) is 23.9 Å². The maximum absolute atomic E-state index is 13.0. The number of carbonyl (C=O) groups is 1. The summed E-state index contributed by atoms with van der Waals surface area (Å²) in [6.45, 7) is 4.08. The van der Waals surface area contributed by atoms with Gasteiger partial charge in [0, 0.05) is 0 Å². The standard InChI is InChI=1S/C18H19FN2O2/c1-13(2)15-6-8-17(9-7-15)23-12-18(22)21-20-11-14-4-3-5-16(19)10-14/h3-11,13H,12H2,1-2H3,(H,21,22)/b20-11+. The molecule has 0 atom stereocenters. The van der Waals surface area contributed by atoms with E-state index >= 15 is 0 Å². The van der Waals surface area contributed by atoms with Gasteiger partial charge in [0.2, 0.25) is 0 Å². The molecule has 0 unspecified atom stereocenters. The molecule has 0 radical (unpaired) electrons. The summed E-state index contributed by atoms with van der Waals surface area (Å²) in [6.07, 6.45) is 1.37. The topological polar surface area (TPSA) is 50.7 Å².